The number of hydrogen-bond donors (Lipinski definition) is 1. The largest absolute Gasteiger partial charge is 0.338 e. The smallest absolute Gasteiger partial charge is 0.333 e. The van der Waals surface area contributed by atoms with Gasteiger partial charge in [0, 0.05) is 26.4 Å². The number of carbonyl (C=O) groups is 4. The molecule has 0 bridgehead atoms. The fraction of sp³-hybridized carbons (Fsp3) is 0.636. The highest BCUT2D eigenvalue weighted by molar-refractivity contribution is 6.15. The van der Waals surface area contributed by atoms with Gasteiger partial charge in [-0.05, 0) is 13.4 Å². The monoisotopic (exact) mass is 270 g/mol. The van der Waals surface area contributed by atoms with E-state index in [1.807, 2.05) is 0 Å². The molecule has 106 valence electrons. The van der Waals surface area contributed by atoms with Crippen LogP contribution in [0.2, 0.25) is 6.32 Å². The fourth-order valence-electron chi connectivity index (χ4n) is 0.816. The SMILES string of the molecule is CNCCC(=O)ON(C)C(=O)CCC=O.[B]CC=O. The number of nitrogens with zero attached hydrogens (tertiary/aromatic N) is 1. The third-order valence-corrected chi connectivity index (χ3v) is 1.74. The van der Waals surface area contributed by atoms with Crippen LogP contribution < -0.4 is 5.32 Å². The maximum absolute atomic E-state index is 11.2. The molecule has 0 aliphatic heterocycles. The number of hydrogen-bond acceptors (Lipinski definition) is 6. The number of aldehydes is 2. The summed E-state index contributed by atoms with van der Waals surface area (Å²) in [7, 11) is 7.73. The summed E-state index contributed by atoms with van der Waals surface area (Å²) in [6.07, 6.45) is 1.83. The zero-order valence-corrected chi connectivity index (χ0v) is 11.3. The molecular weight excluding hydrogens is 251 g/mol. The second-order valence-electron chi connectivity index (χ2n) is 3.32. The van der Waals surface area contributed by atoms with E-state index in [0.717, 1.165) is 5.06 Å². The molecule has 0 aliphatic rings. The first-order valence-electron chi connectivity index (χ1n) is 5.72. The van der Waals surface area contributed by atoms with Crippen LogP contribution in [0.1, 0.15) is 19.3 Å². The van der Waals surface area contributed by atoms with Crippen molar-refractivity contribution in [3.63, 3.8) is 0 Å². The lowest BCUT2D eigenvalue weighted by molar-refractivity contribution is -0.192. The van der Waals surface area contributed by atoms with E-state index in [-0.39, 0.29) is 31.5 Å². The van der Waals surface area contributed by atoms with Crippen LogP contribution in [0.4, 0.5) is 0 Å². The summed E-state index contributed by atoms with van der Waals surface area (Å²) >= 11 is 0. The Hall–Kier alpha value is -1.70. The van der Waals surface area contributed by atoms with Gasteiger partial charge in [0.1, 0.15) is 12.6 Å². The van der Waals surface area contributed by atoms with Crippen molar-refractivity contribution in [3.05, 3.63) is 0 Å². The Bertz CT molecular complexity index is 286. The quantitative estimate of drug-likeness (QED) is 0.372. The highest BCUT2D eigenvalue weighted by Gasteiger charge is 2.12. The zero-order valence-electron chi connectivity index (χ0n) is 11.3. The number of hydroxylamine groups is 2. The molecule has 0 aromatic rings. The van der Waals surface area contributed by atoms with Gasteiger partial charge >= 0.3 is 5.97 Å². The molecule has 1 amide bonds. The molecule has 0 spiro atoms. The molecule has 0 fully saturated rings. The van der Waals surface area contributed by atoms with Gasteiger partial charge in [-0.25, -0.2) is 4.79 Å². The summed E-state index contributed by atoms with van der Waals surface area (Å²) < 4.78 is 0. The van der Waals surface area contributed by atoms with Gasteiger partial charge in [-0.2, -0.15) is 5.06 Å². The molecule has 8 heteroatoms. The van der Waals surface area contributed by atoms with Crippen LogP contribution in [-0.4, -0.2) is 58.0 Å². The van der Waals surface area contributed by atoms with Crippen molar-refractivity contribution in [1.29, 1.82) is 0 Å². The van der Waals surface area contributed by atoms with E-state index in [4.69, 9.17) is 9.63 Å². The second kappa shape index (κ2) is 14.4. The maximum Gasteiger partial charge on any atom is 0.333 e. The van der Waals surface area contributed by atoms with Crippen LogP contribution in [0.5, 0.6) is 0 Å². The summed E-state index contributed by atoms with van der Waals surface area (Å²) in [5.74, 6) is -0.869. The van der Waals surface area contributed by atoms with Gasteiger partial charge in [-0.15, -0.1) is 0 Å². The number of nitrogens with one attached hydrogen (secondary N) is 1. The van der Waals surface area contributed by atoms with E-state index >= 15 is 0 Å². The lowest BCUT2D eigenvalue weighted by Gasteiger charge is -2.15. The van der Waals surface area contributed by atoms with Gasteiger partial charge in [0.25, 0.3) is 5.91 Å². The molecule has 0 aromatic heterocycles. The normalized spacial score (nSPS) is 8.74. The summed E-state index contributed by atoms with van der Waals surface area (Å²) in [6.45, 7) is 0.495. The Kier molecular flexibility index (Phi) is 14.9. The first-order chi connectivity index (χ1) is 9.03. The van der Waals surface area contributed by atoms with E-state index in [0.29, 0.717) is 19.1 Å². The minimum atomic E-state index is -0.480. The summed E-state index contributed by atoms with van der Waals surface area (Å²) in [4.78, 5) is 46.0. The molecule has 0 aromatic carbocycles. The van der Waals surface area contributed by atoms with Crippen LogP contribution in [-0.2, 0) is 24.0 Å². The lowest BCUT2D eigenvalue weighted by Crippen LogP contribution is -2.30. The van der Waals surface area contributed by atoms with E-state index in [1.165, 1.54) is 7.05 Å². The molecule has 0 saturated heterocycles. The highest BCUT2D eigenvalue weighted by atomic mass is 16.7. The predicted molar refractivity (Wildman–Crippen MR) is 69.3 cm³/mol. The molecule has 0 unspecified atom stereocenters. The van der Waals surface area contributed by atoms with Crippen molar-refractivity contribution in [2.24, 2.45) is 0 Å². The molecule has 7 nitrogen and oxygen atoms in total. The molecular formula is C11H19BN2O5. The van der Waals surface area contributed by atoms with Crippen molar-refractivity contribution >= 4 is 32.3 Å². The minimum Gasteiger partial charge on any atom is -0.338 e. The standard InChI is InChI=1S/C9H16N2O4.C2H3BO/c1-10-6-5-9(14)15-11(2)8(13)4-3-7-12;3-1-2-4/h7,10H,3-6H2,1-2H3;2H,1H2. The number of amides is 1. The summed E-state index contributed by atoms with van der Waals surface area (Å²) in [5.41, 5.74) is 0. The molecule has 19 heavy (non-hydrogen) atoms. The minimum absolute atomic E-state index is 0.0549. The van der Waals surface area contributed by atoms with Crippen molar-refractivity contribution < 1.29 is 24.0 Å². The van der Waals surface area contributed by atoms with Crippen LogP contribution >= 0.6 is 0 Å². The first-order valence-corrected chi connectivity index (χ1v) is 5.72. The van der Waals surface area contributed by atoms with Crippen molar-refractivity contribution in [3.8, 4) is 0 Å². The first kappa shape index (κ1) is 19.6. The second-order valence-corrected chi connectivity index (χ2v) is 3.32. The summed E-state index contributed by atoms with van der Waals surface area (Å²) in [6, 6.07) is 0. The molecule has 0 atom stereocenters. The van der Waals surface area contributed by atoms with Crippen molar-refractivity contribution in [2.75, 3.05) is 20.6 Å². The van der Waals surface area contributed by atoms with Crippen molar-refractivity contribution in [1.82, 2.24) is 10.4 Å². The maximum atomic E-state index is 11.2. The fourth-order valence-corrected chi connectivity index (χ4v) is 0.816. The Morgan fingerprint density at radius 3 is 2.26 bits per heavy atom. The van der Waals surface area contributed by atoms with E-state index in [1.54, 1.807) is 7.05 Å². The Labute approximate surface area is 114 Å². The van der Waals surface area contributed by atoms with Gasteiger partial charge < -0.3 is 19.7 Å². The highest BCUT2D eigenvalue weighted by Crippen LogP contribution is 1.96. The van der Waals surface area contributed by atoms with Gasteiger partial charge in [-0.1, -0.05) is 0 Å². The number of carbonyl (C=O) groups excluding carboxylic acids is 4. The van der Waals surface area contributed by atoms with Gasteiger partial charge in [0.15, 0.2) is 0 Å². The van der Waals surface area contributed by atoms with Gasteiger partial charge in [0.05, 0.1) is 14.3 Å². The zero-order chi connectivity index (χ0) is 15.1. The van der Waals surface area contributed by atoms with Crippen molar-refractivity contribution in [2.45, 2.75) is 25.6 Å². The predicted octanol–water partition coefficient (Wildman–Crippen LogP) is -0.736. The van der Waals surface area contributed by atoms with Gasteiger partial charge in [-0.3, -0.25) is 4.79 Å². The van der Waals surface area contributed by atoms with Gasteiger partial charge in [0.2, 0.25) is 0 Å². The molecule has 0 saturated carbocycles. The molecule has 0 aliphatic carbocycles. The van der Waals surface area contributed by atoms with E-state index in [2.05, 4.69) is 13.2 Å². The van der Waals surface area contributed by atoms with Crippen LogP contribution in [0, 0.1) is 0 Å². The third kappa shape index (κ3) is 14.2. The molecule has 2 radical (unpaired) electrons. The Morgan fingerprint density at radius 1 is 1.26 bits per heavy atom. The Balaban J connectivity index is 0. The Morgan fingerprint density at radius 2 is 1.84 bits per heavy atom. The van der Waals surface area contributed by atoms with Crippen LogP contribution in [0.25, 0.3) is 0 Å². The average Bonchev–Trinajstić information content (AvgIpc) is 2.42. The topological polar surface area (TPSA) is 92.8 Å². The third-order valence-electron chi connectivity index (χ3n) is 1.74. The summed E-state index contributed by atoms with van der Waals surface area (Å²) in [5, 5.41) is 3.65. The van der Waals surface area contributed by atoms with E-state index in [9.17, 15) is 14.4 Å². The molecule has 1 N–H and O–H groups in total. The van der Waals surface area contributed by atoms with Crippen LogP contribution in [0.3, 0.4) is 0 Å². The lowest BCUT2D eigenvalue weighted by atomic mass is 10.1. The molecule has 0 heterocycles. The number of rotatable bonds is 7. The molecule has 0 rings (SSSR count). The average molecular weight is 270 g/mol. The van der Waals surface area contributed by atoms with Crippen LogP contribution in [0.15, 0.2) is 0 Å². The van der Waals surface area contributed by atoms with E-state index < -0.39 is 5.97 Å².